The first-order chi connectivity index (χ1) is 5.38. The van der Waals surface area contributed by atoms with Crippen LogP contribution in [0, 0.1) is 11.8 Å². The molecule has 0 spiro atoms. The highest BCUT2D eigenvalue weighted by Gasteiger charge is 2.29. The standard InChI is InChI=1S/C9H16IN/c10-7-11-4-3-8-1-2-9(5-8)6-11/h8-9H,1-7H2. The van der Waals surface area contributed by atoms with Gasteiger partial charge < -0.3 is 0 Å². The van der Waals surface area contributed by atoms with Gasteiger partial charge in [-0.2, -0.15) is 0 Å². The van der Waals surface area contributed by atoms with Crippen molar-refractivity contribution in [2.75, 3.05) is 17.6 Å². The molecule has 2 heteroatoms. The summed E-state index contributed by atoms with van der Waals surface area (Å²) >= 11 is 2.49. The molecule has 0 amide bonds. The predicted octanol–water partition coefficient (Wildman–Crippen LogP) is 2.50. The van der Waals surface area contributed by atoms with Crippen molar-refractivity contribution in [2.45, 2.75) is 25.7 Å². The largest absolute Gasteiger partial charge is 0.294 e. The monoisotopic (exact) mass is 265 g/mol. The molecule has 1 saturated heterocycles. The van der Waals surface area contributed by atoms with Crippen LogP contribution in [0.15, 0.2) is 0 Å². The average Bonchev–Trinajstić information content (AvgIpc) is 2.31. The van der Waals surface area contributed by atoms with Gasteiger partial charge in [-0.25, -0.2) is 0 Å². The molecule has 0 radical (unpaired) electrons. The summed E-state index contributed by atoms with van der Waals surface area (Å²) in [6.45, 7) is 2.75. The summed E-state index contributed by atoms with van der Waals surface area (Å²) in [7, 11) is 0. The molecule has 0 aromatic carbocycles. The Hall–Kier alpha value is 0.690. The molecule has 2 rings (SSSR count). The van der Waals surface area contributed by atoms with Crippen molar-refractivity contribution in [1.29, 1.82) is 0 Å². The molecule has 1 aliphatic heterocycles. The van der Waals surface area contributed by atoms with Crippen LogP contribution in [0.25, 0.3) is 0 Å². The lowest BCUT2D eigenvalue weighted by molar-refractivity contribution is 0.280. The molecule has 0 aromatic heterocycles. The van der Waals surface area contributed by atoms with E-state index in [1.165, 1.54) is 43.3 Å². The van der Waals surface area contributed by atoms with E-state index in [0.717, 1.165) is 11.8 Å². The number of halogens is 1. The number of rotatable bonds is 1. The van der Waals surface area contributed by atoms with Gasteiger partial charge >= 0.3 is 0 Å². The molecule has 1 saturated carbocycles. The number of likely N-dealkylation sites (tertiary alicyclic amines) is 1. The van der Waals surface area contributed by atoms with Gasteiger partial charge in [0.2, 0.25) is 0 Å². The molecule has 2 bridgehead atoms. The third-order valence-electron chi connectivity index (χ3n) is 3.19. The molecule has 1 heterocycles. The Labute approximate surface area is 82.7 Å². The molecule has 1 aliphatic carbocycles. The van der Waals surface area contributed by atoms with Gasteiger partial charge in [-0.05, 0) is 37.6 Å². The second-order valence-electron chi connectivity index (χ2n) is 4.03. The zero-order valence-electron chi connectivity index (χ0n) is 6.93. The highest BCUT2D eigenvalue weighted by molar-refractivity contribution is 14.1. The first-order valence-corrected chi connectivity index (χ1v) is 6.19. The second-order valence-corrected chi connectivity index (χ2v) is 4.71. The third kappa shape index (κ3) is 1.89. The molecule has 2 fully saturated rings. The van der Waals surface area contributed by atoms with Crippen LogP contribution in [0.4, 0.5) is 0 Å². The molecule has 0 N–H and O–H groups in total. The summed E-state index contributed by atoms with van der Waals surface area (Å²) in [4.78, 5) is 2.62. The maximum atomic E-state index is 2.62. The molecule has 2 unspecified atom stereocenters. The fraction of sp³-hybridized carbons (Fsp3) is 1.00. The van der Waals surface area contributed by atoms with Crippen LogP contribution >= 0.6 is 22.6 Å². The molecule has 0 aromatic rings. The van der Waals surface area contributed by atoms with Crippen molar-refractivity contribution >= 4 is 22.6 Å². The summed E-state index contributed by atoms with van der Waals surface area (Å²) in [5.41, 5.74) is 0. The minimum absolute atomic E-state index is 1.05. The Morgan fingerprint density at radius 1 is 1.18 bits per heavy atom. The van der Waals surface area contributed by atoms with E-state index in [9.17, 15) is 0 Å². The molecule has 11 heavy (non-hydrogen) atoms. The van der Waals surface area contributed by atoms with Gasteiger partial charge in [0.25, 0.3) is 0 Å². The number of fused-ring (bicyclic) bond motifs is 2. The van der Waals surface area contributed by atoms with Crippen molar-refractivity contribution in [1.82, 2.24) is 4.90 Å². The fourth-order valence-electron chi connectivity index (χ4n) is 2.54. The molecule has 2 aliphatic rings. The van der Waals surface area contributed by atoms with E-state index in [1.54, 1.807) is 0 Å². The zero-order chi connectivity index (χ0) is 7.68. The van der Waals surface area contributed by atoms with Crippen LogP contribution in [-0.2, 0) is 0 Å². The van der Waals surface area contributed by atoms with Gasteiger partial charge in [0.1, 0.15) is 0 Å². The summed E-state index contributed by atoms with van der Waals surface area (Å²) in [6.07, 6.45) is 6.05. The average molecular weight is 265 g/mol. The molecular weight excluding hydrogens is 249 g/mol. The lowest BCUT2D eigenvalue weighted by Crippen LogP contribution is -2.27. The molecule has 2 atom stereocenters. The predicted molar refractivity (Wildman–Crippen MR) is 55.9 cm³/mol. The quantitative estimate of drug-likeness (QED) is 0.400. The Bertz CT molecular complexity index is 138. The van der Waals surface area contributed by atoms with Crippen LogP contribution in [-0.4, -0.2) is 22.5 Å². The summed E-state index contributed by atoms with van der Waals surface area (Å²) in [5.74, 6) is 2.14. The zero-order valence-corrected chi connectivity index (χ0v) is 9.09. The van der Waals surface area contributed by atoms with Crippen LogP contribution in [0.3, 0.4) is 0 Å². The van der Waals surface area contributed by atoms with Gasteiger partial charge in [-0.3, -0.25) is 4.90 Å². The van der Waals surface area contributed by atoms with Gasteiger partial charge in [0.15, 0.2) is 0 Å². The van der Waals surface area contributed by atoms with Crippen LogP contribution in [0.2, 0.25) is 0 Å². The number of hydrogen-bond acceptors (Lipinski definition) is 1. The van der Waals surface area contributed by atoms with E-state index < -0.39 is 0 Å². The van der Waals surface area contributed by atoms with Gasteiger partial charge in [0.05, 0.1) is 4.55 Å². The van der Waals surface area contributed by atoms with Crippen molar-refractivity contribution in [3.8, 4) is 0 Å². The van der Waals surface area contributed by atoms with E-state index in [-0.39, 0.29) is 0 Å². The number of alkyl halides is 1. The normalized spacial score (nSPS) is 39.0. The van der Waals surface area contributed by atoms with Crippen LogP contribution in [0.5, 0.6) is 0 Å². The van der Waals surface area contributed by atoms with E-state index in [1.807, 2.05) is 0 Å². The molecular formula is C9H16IN. The van der Waals surface area contributed by atoms with Gasteiger partial charge in [-0.1, -0.05) is 29.0 Å². The Morgan fingerprint density at radius 2 is 2.00 bits per heavy atom. The number of hydrogen-bond donors (Lipinski definition) is 0. The highest BCUT2D eigenvalue weighted by atomic mass is 127. The second kappa shape index (κ2) is 3.60. The van der Waals surface area contributed by atoms with Gasteiger partial charge in [0, 0.05) is 6.54 Å². The van der Waals surface area contributed by atoms with Gasteiger partial charge in [-0.15, -0.1) is 0 Å². The SMILES string of the molecule is ICN1CCC2CCC(C2)C1. The lowest BCUT2D eigenvalue weighted by Gasteiger charge is -2.21. The minimum Gasteiger partial charge on any atom is -0.294 e. The smallest absolute Gasteiger partial charge is 0.0505 e. The summed E-state index contributed by atoms with van der Waals surface area (Å²) in [6, 6.07) is 0. The van der Waals surface area contributed by atoms with E-state index in [0.29, 0.717) is 0 Å². The first kappa shape index (κ1) is 8.30. The van der Waals surface area contributed by atoms with E-state index in [2.05, 4.69) is 27.5 Å². The van der Waals surface area contributed by atoms with Crippen LogP contribution in [0.1, 0.15) is 25.7 Å². The Balaban J connectivity index is 1.94. The summed E-state index contributed by atoms with van der Waals surface area (Å²) < 4.78 is 1.24. The number of nitrogens with zero attached hydrogens (tertiary/aromatic N) is 1. The van der Waals surface area contributed by atoms with Crippen molar-refractivity contribution in [3.63, 3.8) is 0 Å². The molecule has 1 nitrogen and oxygen atoms in total. The van der Waals surface area contributed by atoms with Crippen LogP contribution < -0.4 is 0 Å². The maximum absolute atomic E-state index is 2.62. The Kier molecular flexibility index (Phi) is 2.72. The van der Waals surface area contributed by atoms with E-state index in [4.69, 9.17) is 0 Å². The maximum Gasteiger partial charge on any atom is 0.0505 e. The fourth-order valence-corrected chi connectivity index (χ4v) is 3.16. The first-order valence-electron chi connectivity index (χ1n) is 4.67. The van der Waals surface area contributed by atoms with Crippen molar-refractivity contribution < 1.29 is 0 Å². The van der Waals surface area contributed by atoms with Crippen molar-refractivity contribution in [2.24, 2.45) is 11.8 Å². The highest BCUT2D eigenvalue weighted by Crippen LogP contribution is 2.36. The Morgan fingerprint density at radius 3 is 2.82 bits per heavy atom. The molecule has 64 valence electrons. The van der Waals surface area contributed by atoms with E-state index >= 15 is 0 Å². The van der Waals surface area contributed by atoms with Crippen molar-refractivity contribution in [3.05, 3.63) is 0 Å². The summed E-state index contributed by atoms with van der Waals surface area (Å²) in [5, 5.41) is 0. The third-order valence-corrected chi connectivity index (χ3v) is 4.15. The lowest BCUT2D eigenvalue weighted by atomic mass is 10.0. The minimum atomic E-state index is 1.05. The topological polar surface area (TPSA) is 3.24 Å².